The summed E-state index contributed by atoms with van der Waals surface area (Å²) in [7, 11) is 0. The van der Waals surface area contributed by atoms with E-state index in [0.29, 0.717) is 4.88 Å². The van der Waals surface area contributed by atoms with Crippen LogP contribution in [-0.2, 0) is 9.59 Å². The van der Waals surface area contributed by atoms with Crippen molar-refractivity contribution in [1.82, 2.24) is 5.32 Å². The van der Waals surface area contributed by atoms with Crippen molar-refractivity contribution in [3.63, 3.8) is 0 Å². The predicted octanol–water partition coefficient (Wildman–Crippen LogP) is 1.36. The molecule has 0 aliphatic rings. The first-order valence-corrected chi connectivity index (χ1v) is 6.67. The Morgan fingerprint density at radius 3 is 2.67 bits per heavy atom. The molecule has 3 atom stereocenters. The summed E-state index contributed by atoms with van der Waals surface area (Å²) in [6.07, 6.45) is 0.769. The van der Waals surface area contributed by atoms with Gasteiger partial charge >= 0.3 is 5.97 Å². The van der Waals surface area contributed by atoms with Gasteiger partial charge in [0.1, 0.15) is 0 Å². The minimum absolute atomic E-state index is 0.0165. The van der Waals surface area contributed by atoms with Crippen molar-refractivity contribution in [2.75, 3.05) is 0 Å². The van der Waals surface area contributed by atoms with Crippen molar-refractivity contribution in [3.8, 4) is 0 Å². The summed E-state index contributed by atoms with van der Waals surface area (Å²) in [5, 5.41) is 13.4. The van der Waals surface area contributed by atoms with E-state index in [2.05, 4.69) is 5.32 Å². The second-order valence-electron chi connectivity index (χ2n) is 4.21. The molecule has 0 fully saturated rings. The van der Waals surface area contributed by atoms with Crippen molar-refractivity contribution in [2.45, 2.75) is 32.4 Å². The van der Waals surface area contributed by atoms with Gasteiger partial charge in [-0.1, -0.05) is 26.3 Å². The highest BCUT2D eigenvalue weighted by Crippen LogP contribution is 2.19. The Kier molecular flexibility index (Phi) is 5.30. The van der Waals surface area contributed by atoms with E-state index in [1.54, 1.807) is 17.5 Å². The summed E-state index contributed by atoms with van der Waals surface area (Å²) >= 11 is 1.29. The monoisotopic (exact) mass is 270 g/mol. The minimum Gasteiger partial charge on any atom is -0.479 e. The first kappa shape index (κ1) is 14.7. The number of hydrogen-bond donors (Lipinski definition) is 3. The highest BCUT2D eigenvalue weighted by molar-refractivity contribution is 7.10. The summed E-state index contributed by atoms with van der Waals surface area (Å²) in [5.41, 5.74) is 5.77. The van der Waals surface area contributed by atoms with Crippen molar-refractivity contribution >= 4 is 23.2 Å². The van der Waals surface area contributed by atoms with Gasteiger partial charge in [0.15, 0.2) is 6.04 Å². The van der Waals surface area contributed by atoms with E-state index < -0.39 is 24.0 Å². The first-order chi connectivity index (χ1) is 8.47. The zero-order valence-electron chi connectivity index (χ0n) is 10.4. The van der Waals surface area contributed by atoms with Crippen LogP contribution in [0.25, 0.3) is 0 Å². The molecule has 1 heterocycles. The number of thiophene rings is 1. The van der Waals surface area contributed by atoms with Gasteiger partial charge < -0.3 is 16.2 Å². The maximum Gasteiger partial charge on any atom is 0.331 e. The van der Waals surface area contributed by atoms with Crippen molar-refractivity contribution < 1.29 is 14.7 Å². The molecule has 18 heavy (non-hydrogen) atoms. The van der Waals surface area contributed by atoms with E-state index in [9.17, 15) is 9.59 Å². The zero-order valence-corrected chi connectivity index (χ0v) is 11.2. The van der Waals surface area contributed by atoms with E-state index in [1.165, 1.54) is 11.3 Å². The number of nitrogens with two attached hydrogens (primary N) is 1. The SMILES string of the molecule is CCC(C)[C@H](N)C(=O)NC(C(=O)O)c1cccs1. The number of carbonyl (C=O) groups excluding carboxylic acids is 1. The largest absolute Gasteiger partial charge is 0.479 e. The Balaban J connectivity index is 2.74. The van der Waals surface area contributed by atoms with E-state index in [4.69, 9.17) is 10.8 Å². The molecule has 0 saturated carbocycles. The highest BCUT2D eigenvalue weighted by Gasteiger charge is 2.27. The Labute approximate surface area is 110 Å². The molecule has 100 valence electrons. The fraction of sp³-hybridized carbons (Fsp3) is 0.500. The molecule has 0 radical (unpaired) electrons. The summed E-state index contributed by atoms with van der Waals surface area (Å²) in [6.45, 7) is 3.80. The molecule has 1 rings (SSSR count). The van der Waals surface area contributed by atoms with Crippen LogP contribution in [0.5, 0.6) is 0 Å². The molecular formula is C12H18N2O3S. The summed E-state index contributed by atoms with van der Waals surface area (Å²) in [6, 6.07) is 1.72. The van der Waals surface area contributed by atoms with Crippen LogP contribution in [0.1, 0.15) is 31.2 Å². The topological polar surface area (TPSA) is 92.4 Å². The standard InChI is InChI=1S/C12H18N2O3S/c1-3-7(2)9(13)11(15)14-10(12(16)17)8-5-4-6-18-8/h4-7,9-10H,3,13H2,1-2H3,(H,14,15)(H,16,17)/t7?,9-,10?/m0/s1. The third-order valence-electron chi connectivity index (χ3n) is 2.92. The van der Waals surface area contributed by atoms with Crippen LogP contribution < -0.4 is 11.1 Å². The van der Waals surface area contributed by atoms with Crippen LogP contribution in [0.15, 0.2) is 17.5 Å². The average molecular weight is 270 g/mol. The molecule has 0 bridgehead atoms. The summed E-state index contributed by atoms with van der Waals surface area (Å²) in [4.78, 5) is 23.6. The van der Waals surface area contributed by atoms with Crippen LogP contribution in [0.4, 0.5) is 0 Å². The number of aliphatic carboxylic acids is 1. The molecule has 0 saturated heterocycles. The molecular weight excluding hydrogens is 252 g/mol. The summed E-state index contributed by atoms with van der Waals surface area (Å²) < 4.78 is 0. The molecule has 1 aromatic rings. The molecule has 6 heteroatoms. The minimum atomic E-state index is -1.08. The van der Waals surface area contributed by atoms with Crippen molar-refractivity contribution in [3.05, 3.63) is 22.4 Å². The fourth-order valence-electron chi connectivity index (χ4n) is 1.46. The fourth-order valence-corrected chi connectivity index (χ4v) is 2.23. The first-order valence-electron chi connectivity index (χ1n) is 5.79. The number of nitrogens with one attached hydrogen (secondary N) is 1. The molecule has 0 spiro atoms. The van der Waals surface area contributed by atoms with E-state index in [1.807, 2.05) is 13.8 Å². The molecule has 1 amide bonds. The Bertz CT molecular complexity index is 405. The smallest absolute Gasteiger partial charge is 0.331 e. The van der Waals surface area contributed by atoms with Crippen molar-refractivity contribution in [2.24, 2.45) is 11.7 Å². The molecule has 0 aliphatic heterocycles. The predicted molar refractivity (Wildman–Crippen MR) is 70.3 cm³/mol. The second-order valence-corrected chi connectivity index (χ2v) is 5.19. The quantitative estimate of drug-likeness (QED) is 0.727. The average Bonchev–Trinajstić information content (AvgIpc) is 2.86. The Morgan fingerprint density at radius 2 is 2.22 bits per heavy atom. The third-order valence-corrected chi connectivity index (χ3v) is 3.86. The molecule has 1 aromatic heterocycles. The van der Waals surface area contributed by atoms with Gasteiger partial charge in [0.2, 0.25) is 5.91 Å². The number of carboxylic acid groups (broad SMARTS) is 1. The van der Waals surface area contributed by atoms with Crippen LogP contribution in [0.3, 0.4) is 0 Å². The van der Waals surface area contributed by atoms with Gasteiger partial charge in [-0.25, -0.2) is 4.79 Å². The summed E-state index contributed by atoms with van der Waals surface area (Å²) in [5.74, 6) is -1.49. The number of hydrogen-bond acceptors (Lipinski definition) is 4. The molecule has 5 nitrogen and oxygen atoms in total. The number of rotatable bonds is 6. The van der Waals surface area contributed by atoms with Crippen LogP contribution in [0.2, 0.25) is 0 Å². The van der Waals surface area contributed by atoms with Gasteiger partial charge in [0.05, 0.1) is 6.04 Å². The van der Waals surface area contributed by atoms with Gasteiger partial charge in [-0.3, -0.25) is 4.79 Å². The second kappa shape index (κ2) is 6.51. The Hall–Kier alpha value is -1.40. The van der Waals surface area contributed by atoms with Gasteiger partial charge in [-0.2, -0.15) is 0 Å². The van der Waals surface area contributed by atoms with E-state index >= 15 is 0 Å². The number of carboxylic acids is 1. The zero-order chi connectivity index (χ0) is 13.7. The van der Waals surface area contributed by atoms with E-state index in [-0.39, 0.29) is 5.92 Å². The lowest BCUT2D eigenvalue weighted by Gasteiger charge is -2.20. The lowest BCUT2D eigenvalue weighted by Crippen LogP contribution is -2.47. The number of amides is 1. The molecule has 0 aromatic carbocycles. The molecule has 0 aliphatic carbocycles. The third kappa shape index (κ3) is 3.54. The number of carbonyl (C=O) groups is 2. The van der Waals surface area contributed by atoms with Crippen LogP contribution >= 0.6 is 11.3 Å². The maximum absolute atomic E-state index is 11.9. The van der Waals surface area contributed by atoms with Crippen LogP contribution in [0, 0.1) is 5.92 Å². The van der Waals surface area contributed by atoms with Gasteiger partial charge in [0, 0.05) is 4.88 Å². The van der Waals surface area contributed by atoms with Gasteiger partial charge in [0.25, 0.3) is 0 Å². The van der Waals surface area contributed by atoms with Gasteiger partial charge in [-0.15, -0.1) is 11.3 Å². The van der Waals surface area contributed by atoms with E-state index in [0.717, 1.165) is 6.42 Å². The maximum atomic E-state index is 11.9. The normalized spacial score (nSPS) is 15.7. The van der Waals surface area contributed by atoms with Crippen LogP contribution in [-0.4, -0.2) is 23.0 Å². The lowest BCUT2D eigenvalue weighted by molar-refractivity contribution is -0.142. The Morgan fingerprint density at radius 1 is 1.56 bits per heavy atom. The molecule has 2 unspecified atom stereocenters. The highest BCUT2D eigenvalue weighted by atomic mass is 32.1. The lowest BCUT2D eigenvalue weighted by atomic mass is 9.99. The molecule has 4 N–H and O–H groups in total. The van der Waals surface area contributed by atoms with Crippen molar-refractivity contribution in [1.29, 1.82) is 0 Å². The van der Waals surface area contributed by atoms with Gasteiger partial charge in [-0.05, 0) is 17.4 Å².